The van der Waals surface area contributed by atoms with E-state index >= 15 is 0 Å². The molecule has 0 radical (unpaired) electrons. The van der Waals surface area contributed by atoms with Crippen LogP contribution in [-0.2, 0) is 31.0 Å². The Morgan fingerprint density at radius 3 is 2.42 bits per heavy atom. The Bertz CT molecular complexity index is 1070. The van der Waals surface area contributed by atoms with Crippen LogP contribution in [-0.4, -0.2) is 44.9 Å². The van der Waals surface area contributed by atoms with Crippen LogP contribution in [0.5, 0.6) is 5.75 Å². The lowest BCUT2D eigenvalue weighted by Crippen LogP contribution is -2.35. The van der Waals surface area contributed by atoms with Gasteiger partial charge in [0.15, 0.2) is 0 Å². The fraction of sp³-hybridized carbons (Fsp3) is 0.333. The van der Waals surface area contributed by atoms with Crippen LogP contribution < -0.4 is 9.50 Å². The van der Waals surface area contributed by atoms with E-state index in [9.17, 15) is 18.0 Å². The van der Waals surface area contributed by atoms with E-state index in [4.69, 9.17) is 20.5 Å². The second kappa shape index (κ2) is 9.67. The molecule has 10 heteroatoms. The lowest BCUT2D eigenvalue weighted by Gasteiger charge is -2.23. The highest BCUT2D eigenvalue weighted by Crippen LogP contribution is 2.33. The molecule has 31 heavy (non-hydrogen) atoms. The first-order chi connectivity index (χ1) is 14.7. The largest absolute Gasteiger partial charge is 0.379 e. The lowest BCUT2D eigenvalue weighted by molar-refractivity contribution is -0.136. The SMILES string of the molecule is COCC(=O)N(Cc1cc(Cl)ccc1OS(=O)(=O)c1ccc(NC(C)=O)cc1)C1CC1. The molecule has 0 atom stereocenters. The molecule has 0 aromatic heterocycles. The number of hydrogen-bond acceptors (Lipinski definition) is 6. The minimum absolute atomic E-state index is 0.0633. The van der Waals surface area contributed by atoms with E-state index in [0.717, 1.165) is 12.8 Å². The topological polar surface area (TPSA) is 102 Å². The molecule has 1 aliphatic carbocycles. The molecule has 0 spiro atoms. The monoisotopic (exact) mass is 466 g/mol. The summed E-state index contributed by atoms with van der Waals surface area (Å²) in [4.78, 5) is 25.1. The fourth-order valence-corrected chi connectivity index (χ4v) is 4.18. The summed E-state index contributed by atoms with van der Waals surface area (Å²) in [6, 6.07) is 10.3. The third kappa shape index (κ3) is 6.19. The number of anilines is 1. The number of carbonyl (C=O) groups is 2. The third-order valence-electron chi connectivity index (χ3n) is 4.60. The van der Waals surface area contributed by atoms with Crippen molar-refractivity contribution in [2.75, 3.05) is 19.0 Å². The summed E-state index contributed by atoms with van der Waals surface area (Å²) in [6.45, 7) is 1.45. The molecule has 2 aromatic carbocycles. The van der Waals surface area contributed by atoms with Crippen LogP contribution in [0.15, 0.2) is 47.4 Å². The number of rotatable bonds is 9. The predicted octanol–water partition coefficient (Wildman–Crippen LogP) is 3.20. The average Bonchev–Trinajstić information content (AvgIpc) is 3.53. The minimum atomic E-state index is -4.15. The zero-order valence-electron chi connectivity index (χ0n) is 17.1. The van der Waals surface area contributed by atoms with Gasteiger partial charge in [-0.1, -0.05) is 11.6 Å². The van der Waals surface area contributed by atoms with Crippen LogP contribution in [0.4, 0.5) is 5.69 Å². The van der Waals surface area contributed by atoms with Gasteiger partial charge in [-0.05, 0) is 55.3 Å². The zero-order chi connectivity index (χ0) is 22.6. The van der Waals surface area contributed by atoms with Crippen molar-refractivity contribution in [2.45, 2.75) is 37.2 Å². The summed E-state index contributed by atoms with van der Waals surface area (Å²) < 4.78 is 35.9. The molecule has 166 valence electrons. The van der Waals surface area contributed by atoms with Gasteiger partial charge in [0.1, 0.15) is 17.3 Å². The molecule has 1 aliphatic rings. The van der Waals surface area contributed by atoms with Gasteiger partial charge in [-0.3, -0.25) is 9.59 Å². The molecule has 8 nitrogen and oxygen atoms in total. The lowest BCUT2D eigenvalue weighted by atomic mass is 10.2. The molecule has 2 aromatic rings. The van der Waals surface area contributed by atoms with Crippen LogP contribution in [0.25, 0.3) is 0 Å². The van der Waals surface area contributed by atoms with Crippen molar-refractivity contribution in [1.29, 1.82) is 0 Å². The number of nitrogens with one attached hydrogen (secondary N) is 1. The van der Waals surface area contributed by atoms with Crippen LogP contribution in [0, 0.1) is 0 Å². The van der Waals surface area contributed by atoms with Crippen LogP contribution in [0.2, 0.25) is 5.02 Å². The predicted molar refractivity (Wildman–Crippen MR) is 115 cm³/mol. The first-order valence-corrected chi connectivity index (χ1v) is 11.4. The number of amides is 2. The number of methoxy groups -OCH3 is 1. The summed E-state index contributed by atoms with van der Waals surface area (Å²) in [6.07, 6.45) is 1.76. The van der Waals surface area contributed by atoms with E-state index in [0.29, 0.717) is 16.3 Å². The number of hydrogen-bond donors (Lipinski definition) is 1. The molecule has 0 unspecified atom stereocenters. The Kier molecular flexibility index (Phi) is 7.19. The number of nitrogens with zero attached hydrogens (tertiary/aromatic N) is 1. The van der Waals surface area contributed by atoms with Crippen molar-refractivity contribution in [1.82, 2.24) is 4.90 Å². The van der Waals surface area contributed by atoms with Crippen molar-refractivity contribution in [3.05, 3.63) is 53.1 Å². The van der Waals surface area contributed by atoms with Gasteiger partial charge in [0.2, 0.25) is 11.8 Å². The van der Waals surface area contributed by atoms with E-state index in [1.165, 1.54) is 50.4 Å². The maximum absolute atomic E-state index is 12.8. The Morgan fingerprint density at radius 1 is 1.16 bits per heavy atom. The summed E-state index contributed by atoms with van der Waals surface area (Å²) in [5.41, 5.74) is 0.942. The highest BCUT2D eigenvalue weighted by molar-refractivity contribution is 7.87. The van der Waals surface area contributed by atoms with Crippen LogP contribution in [0.1, 0.15) is 25.3 Å². The Hall–Kier alpha value is -2.62. The molecule has 1 N–H and O–H groups in total. The standard InChI is InChI=1S/C21H23ClN2O6S/c1-14(25)23-17-4-8-19(9-5-17)31(27,28)30-20-10-3-16(22)11-15(20)12-24(18-6-7-18)21(26)13-29-2/h3-5,8-11,18H,6-7,12-13H2,1-2H3,(H,23,25). The molecular formula is C21H23ClN2O6S. The molecular weight excluding hydrogens is 444 g/mol. The normalized spacial score (nSPS) is 13.5. The first kappa shape index (κ1) is 23.1. The first-order valence-electron chi connectivity index (χ1n) is 9.58. The van der Waals surface area contributed by atoms with E-state index in [1.54, 1.807) is 11.0 Å². The van der Waals surface area contributed by atoms with E-state index < -0.39 is 10.1 Å². The Morgan fingerprint density at radius 2 is 1.84 bits per heavy atom. The maximum Gasteiger partial charge on any atom is 0.339 e. The molecule has 0 aliphatic heterocycles. The molecule has 2 amide bonds. The zero-order valence-corrected chi connectivity index (χ0v) is 18.7. The molecule has 1 saturated carbocycles. The van der Waals surface area contributed by atoms with Crippen LogP contribution in [0.3, 0.4) is 0 Å². The molecule has 0 heterocycles. The van der Waals surface area contributed by atoms with Crippen molar-refractivity contribution in [3.8, 4) is 5.75 Å². The molecule has 0 saturated heterocycles. The number of halogens is 1. The van der Waals surface area contributed by atoms with Crippen LogP contribution >= 0.6 is 11.6 Å². The average molecular weight is 467 g/mol. The molecule has 0 bridgehead atoms. The summed E-state index contributed by atoms with van der Waals surface area (Å²) >= 11 is 6.12. The summed E-state index contributed by atoms with van der Waals surface area (Å²) in [7, 11) is -2.70. The van der Waals surface area contributed by atoms with Crippen molar-refractivity contribution in [2.24, 2.45) is 0 Å². The number of carbonyl (C=O) groups excluding carboxylic acids is 2. The van der Waals surface area contributed by atoms with Crippen molar-refractivity contribution < 1.29 is 26.9 Å². The number of benzene rings is 2. The summed E-state index contributed by atoms with van der Waals surface area (Å²) in [5.74, 6) is -0.362. The maximum atomic E-state index is 12.8. The van der Waals surface area contributed by atoms with Crippen molar-refractivity contribution in [3.63, 3.8) is 0 Å². The van der Waals surface area contributed by atoms with E-state index in [-0.39, 0.29) is 41.7 Å². The molecule has 1 fully saturated rings. The van der Waals surface area contributed by atoms with Gasteiger partial charge in [-0.25, -0.2) is 0 Å². The van der Waals surface area contributed by atoms with Gasteiger partial charge in [-0.2, -0.15) is 8.42 Å². The van der Waals surface area contributed by atoms with Gasteiger partial charge in [0.25, 0.3) is 0 Å². The minimum Gasteiger partial charge on any atom is -0.379 e. The van der Waals surface area contributed by atoms with Gasteiger partial charge in [0, 0.05) is 42.9 Å². The highest BCUT2D eigenvalue weighted by Gasteiger charge is 2.33. The molecule has 3 rings (SSSR count). The van der Waals surface area contributed by atoms with Gasteiger partial charge >= 0.3 is 10.1 Å². The van der Waals surface area contributed by atoms with Gasteiger partial charge < -0.3 is 19.1 Å². The highest BCUT2D eigenvalue weighted by atomic mass is 35.5. The van der Waals surface area contributed by atoms with E-state index in [1.807, 2.05) is 0 Å². The number of ether oxygens (including phenoxy) is 1. The second-order valence-corrected chi connectivity index (χ2v) is 9.16. The van der Waals surface area contributed by atoms with Gasteiger partial charge in [0.05, 0.1) is 0 Å². The Labute approximate surface area is 186 Å². The second-order valence-electron chi connectivity index (χ2n) is 7.18. The van der Waals surface area contributed by atoms with E-state index in [2.05, 4.69) is 5.32 Å². The smallest absolute Gasteiger partial charge is 0.339 e. The summed E-state index contributed by atoms with van der Waals surface area (Å²) in [5, 5.41) is 2.97. The van der Waals surface area contributed by atoms with Crippen molar-refractivity contribution >= 4 is 39.2 Å². The van der Waals surface area contributed by atoms with Gasteiger partial charge in [-0.15, -0.1) is 0 Å². The Balaban J connectivity index is 1.84. The quantitative estimate of drug-likeness (QED) is 0.569. The third-order valence-corrected chi connectivity index (χ3v) is 6.09. The fourth-order valence-electron chi connectivity index (χ4n) is 3.02.